The molecule has 0 aromatic carbocycles. The van der Waals surface area contributed by atoms with E-state index in [0.717, 1.165) is 51.4 Å². The van der Waals surface area contributed by atoms with E-state index in [0.29, 0.717) is 13.0 Å². The molecule has 0 aromatic heterocycles. The second-order valence-corrected chi connectivity index (χ2v) is 12.7. The van der Waals surface area contributed by atoms with Gasteiger partial charge >= 0.3 is 0 Å². The number of amides is 1. The van der Waals surface area contributed by atoms with Crippen molar-refractivity contribution in [2.45, 2.75) is 89.3 Å². The van der Waals surface area contributed by atoms with Crippen LogP contribution in [0.25, 0.3) is 0 Å². The maximum atomic E-state index is 13.5. The van der Waals surface area contributed by atoms with Crippen LogP contribution in [-0.4, -0.2) is 31.7 Å². The molecule has 25 heavy (non-hydrogen) atoms. The molecule has 4 aliphatic carbocycles. The zero-order chi connectivity index (χ0) is 18.1. The van der Waals surface area contributed by atoms with Crippen LogP contribution >= 0.6 is 0 Å². The van der Waals surface area contributed by atoms with Gasteiger partial charge in [-0.05, 0) is 74.0 Å². The Labute approximate surface area is 151 Å². The molecule has 142 valence electrons. The number of carbonyl (C=O) groups is 1. The predicted molar refractivity (Wildman–Crippen MR) is 97.5 cm³/mol. The van der Waals surface area contributed by atoms with E-state index < -0.39 is 20.8 Å². The smallest absolute Gasteiger partial charge is 0.238 e. The van der Waals surface area contributed by atoms with Gasteiger partial charge in [0, 0.05) is 6.54 Å². The zero-order valence-electron chi connectivity index (χ0n) is 15.8. The molecule has 4 saturated carbocycles. The van der Waals surface area contributed by atoms with Crippen LogP contribution in [0.15, 0.2) is 0 Å². The normalized spacial score (nSPS) is 49.7. The van der Waals surface area contributed by atoms with Gasteiger partial charge in [0.25, 0.3) is 0 Å². The molecule has 5 fully saturated rings. The molecule has 1 heterocycles. The van der Waals surface area contributed by atoms with Crippen molar-refractivity contribution in [3.8, 4) is 0 Å². The summed E-state index contributed by atoms with van der Waals surface area (Å²) in [4.78, 5) is 12.3. The highest BCUT2D eigenvalue weighted by Gasteiger charge is 2.68. The molecule has 1 aliphatic heterocycles. The Balaban J connectivity index is 1.66. The molecule has 4 bridgehead atoms. The van der Waals surface area contributed by atoms with Gasteiger partial charge in [-0.2, -0.15) is 0 Å². The first-order valence-electron chi connectivity index (χ1n) is 9.78. The van der Waals surface area contributed by atoms with Crippen LogP contribution in [0.2, 0.25) is 0 Å². The van der Waals surface area contributed by atoms with E-state index in [2.05, 4.69) is 30.8 Å². The summed E-state index contributed by atoms with van der Waals surface area (Å²) in [5, 5.41) is 2.85. The topological polar surface area (TPSA) is 75.3 Å². The Morgan fingerprint density at radius 1 is 0.920 bits per heavy atom. The van der Waals surface area contributed by atoms with Gasteiger partial charge in [0.15, 0.2) is 0 Å². The summed E-state index contributed by atoms with van der Waals surface area (Å²) in [5.41, 5.74) is 0.330. The lowest BCUT2D eigenvalue weighted by atomic mass is 9.40. The van der Waals surface area contributed by atoms with Crippen LogP contribution < -0.4 is 10.0 Å². The van der Waals surface area contributed by atoms with Crippen LogP contribution in [-0.2, 0) is 14.8 Å². The first-order chi connectivity index (χ1) is 11.5. The zero-order valence-corrected chi connectivity index (χ0v) is 16.6. The third-order valence-corrected chi connectivity index (χ3v) is 9.38. The molecule has 0 spiro atoms. The highest BCUT2D eigenvalue weighted by Crippen LogP contribution is 2.72. The van der Waals surface area contributed by atoms with Crippen molar-refractivity contribution < 1.29 is 13.2 Å². The van der Waals surface area contributed by atoms with Gasteiger partial charge in [0.1, 0.15) is 6.04 Å². The quantitative estimate of drug-likeness (QED) is 0.804. The van der Waals surface area contributed by atoms with Crippen molar-refractivity contribution in [1.82, 2.24) is 10.0 Å². The van der Waals surface area contributed by atoms with Crippen LogP contribution in [0.3, 0.4) is 0 Å². The first kappa shape index (κ1) is 17.8. The fourth-order valence-corrected chi connectivity index (χ4v) is 10.3. The third kappa shape index (κ3) is 2.84. The number of rotatable bonds is 3. The largest absolute Gasteiger partial charge is 0.355 e. The molecule has 0 radical (unpaired) electrons. The van der Waals surface area contributed by atoms with Gasteiger partial charge in [-0.25, -0.2) is 13.1 Å². The van der Waals surface area contributed by atoms with Gasteiger partial charge in [-0.3, -0.25) is 4.79 Å². The molecule has 1 amide bonds. The molecule has 6 heteroatoms. The van der Waals surface area contributed by atoms with Crippen molar-refractivity contribution in [1.29, 1.82) is 0 Å². The van der Waals surface area contributed by atoms with E-state index >= 15 is 0 Å². The van der Waals surface area contributed by atoms with Gasteiger partial charge in [-0.1, -0.05) is 20.8 Å². The molecule has 5 rings (SSSR count). The van der Waals surface area contributed by atoms with Gasteiger partial charge in [0.05, 0.1) is 4.75 Å². The Morgan fingerprint density at radius 2 is 1.44 bits per heavy atom. The van der Waals surface area contributed by atoms with E-state index in [1.165, 1.54) is 0 Å². The molecule has 0 aromatic rings. The fourth-order valence-electron chi connectivity index (χ4n) is 7.82. The standard InChI is InChI=1S/C19H32N2O3S/c1-16-8-17(2)10-18(3,9-16)13-19(11-16,12-17)25(23,24)21-14-6-4-5-7-20-15(14)22/h14,21H,4-13H2,1-3H3,(H,20,22)/t14-,16?,17?,18?,19?/m0/s1. The minimum atomic E-state index is -3.55. The van der Waals surface area contributed by atoms with Gasteiger partial charge < -0.3 is 5.32 Å². The highest BCUT2D eigenvalue weighted by atomic mass is 32.2. The summed E-state index contributed by atoms with van der Waals surface area (Å²) in [6.45, 7) is 7.49. The van der Waals surface area contributed by atoms with Crippen LogP contribution in [0.1, 0.15) is 78.6 Å². The molecular formula is C19H32N2O3S. The van der Waals surface area contributed by atoms with E-state index in [-0.39, 0.29) is 22.2 Å². The molecule has 0 unspecified atom stereocenters. The number of nitrogens with one attached hydrogen (secondary N) is 2. The van der Waals surface area contributed by atoms with E-state index in [4.69, 9.17) is 0 Å². The average molecular weight is 369 g/mol. The summed E-state index contributed by atoms with van der Waals surface area (Å²) in [6.07, 6.45) is 8.05. The average Bonchev–Trinajstić information content (AvgIpc) is 2.58. The maximum Gasteiger partial charge on any atom is 0.238 e. The van der Waals surface area contributed by atoms with Crippen LogP contribution in [0.4, 0.5) is 0 Å². The first-order valence-corrected chi connectivity index (χ1v) is 11.3. The fraction of sp³-hybridized carbons (Fsp3) is 0.947. The van der Waals surface area contributed by atoms with Crippen molar-refractivity contribution in [3.63, 3.8) is 0 Å². The monoisotopic (exact) mass is 368 g/mol. The lowest BCUT2D eigenvalue weighted by Gasteiger charge is -2.68. The molecule has 1 saturated heterocycles. The van der Waals surface area contributed by atoms with Crippen molar-refractivity contribution in [2.75, 3.05) is 6.54 Å². The Kier molecular flexibility index (Phi) is 3.71. The minimum Gasteiger partial charge on any atom is -0.355 e. The molecular weight excluding hydrogens is 336 g/mol. The van der Waals surface area contributed by atoms with Crippen molar-refractivity contribution >= 4 is 15.9 Å². The number of carbonyl (C=O) groups excluding carboxylic acids is 1. The summed E-state index contributed by atoms with van der Waals surface area (Å²) in [7, 11) is -3.55. The number of sulfonamides is 1. The lowest BCUT2D eigenvalue weighted by molar-refractivity contribution is -0.126. The van der Waals surface area contributed by atoms with Crippen molar-refractivity contribution in [2.24, 2.45) is 16.2 Å². The van der Waals surface area contributed by atoms with Crippen molar-refractivity contribution in [3.05, 3.63) is 0 Å². The number of hydrogen-bond acceptors (Lipinski definition) is 3. The van der Waals surface area contributed by atoms with E-state index in [9.17, 15) is 13.2 Å². The summed E-state index contributed by atoms with van der Waals surface area (Å²) in [5.74, 6) is -0.158. The van der Waals surface area contributed by atoms with Gasteiger partial charge in [-0.15, -0.1) is 0 Å². The Bertz CT molecular complexity index is 648. The number of hydrogen-bond donors (Lipinski definition) is 2. The van der Waals surface area contributed by atoms with E-state index in [1.54, 1.807) is 0 Å². The molecule has 5 aliphatic rings. The summed E-state index contributed by atoms with van der Waals surface area (Å²) in [6, 6.07) is -0.603. The van der Waals surface area contributed by atoms with Crippen LogP contribution in [0.5, 0.6) is 0 Å². The lowest BCUT2D eigenvalue weighted by Crippen LogP contribution is -2.67. The molecule has 2 N–H and O–H groups in total. The minimum absolute atomic E-state index is 0.110. The summed E-state index contributed by atoms with van der Waals surface area (Å²) >= 11 is 0. The Hall–Kier alpha value is -0.620. The molecule has 5 nitrogen and oxygen atoms in total. The Morgan fingerprint density at radius 3 is 1.96 bits per heavy atom. The van der Waals surface area contributed by atoms with Gasteiger partial charge in [0.2, 0.25) is 15.9 Å². The molecule has 1 atom stereocenters. The maximum absolute atomic E-state index is 13.5. The second-order valence-electron chi connectivity index (χ2n) is 10.6. The van der Waals surface area contributed by atoms with E-state index in [1.807, 2.05) is 0 Å². The third-order valence-electron chi connectivity index (χ3n) is 7.21. The second kappa shape index (κ2) is 5.22. The van der Waals surface area contributed by atoms with Crippen LogP contribution in [0, 0.1) is 16.2 Å². The SMILES string of the molecule is CC12CC3(C)CC(C)(C1)CC(S(=O)(=O)N[C@H]1CCCCNC1=O)(C2)C3. The highest BCUT2D eigenvalue weighted by molar-refractivity contribution is 7.91. The summed E-state index contributed by atoms with van der Waals surface area (Å²) < 4.78 is 29.2. The predicted octanol–water partition coefficient (Wildman–Crippen LogP) is 2.71.